The Bertz CT molecular complexity index is 369. The standard InChI is InChI=1S/C13H17NO2S/c1-14-7-8-17-12(9-14)13(15)16-10-11-5-3-2-4-6-11/h2-6,12H,7-10H2,1H3. The van der Waals surface area contributed by atoms with Crippen LogP contribution in [0.2, 0.25) is 0 Å². The van der Waals surface area contributed by atoms with Gasteiger partial charge in [-0.05, 0) is 12.6 Å². The van der Waals surface area contributed by atoms with Gasteiger partial charge in [0.1, 0.15) is 11.9 Å². The molecule has 1 heterocycles. The summed E-state index contributed by atoms with van der Waals surface area (Å²) in [5.74, 6) is 0.909. The maximum Gasteiger partial charge on any atom is 0.320 e. The van der Waals surface area contributed by atoms with Crippen LogP contribution in [0.3, 0.4) is 0 Å². The second-order valence-electron chi connectivity index (χ2n) is 4.21. The van der Waals surface area contributed by atoms with Crippen molar-refractivity contribution in [3.8, 4) is 0 Å². The maximum absolute atomic E-state index is 11.8. The minimum absolute atomic E-state index is 0.0301. The summed E-state index contributed by atoms with van der Waals surface area (Å²) in [5, 5.41) is -0.0301. The van der Waals surface area contributed by atoms with E-state index in [0.717, 1.165) is 24.4 Å². The van der Waals surface area contributed by atoms with Gasteiger partial charge in [0, 0.05) is 18.8 Å². The number of carbonyl (C=O) groups excluding carboxylic acids is 1. The first-order valence-corrected chi connectivity index (χ1v) is 6.81. The minimum Gasteiger partial charge on any atom is -0.460 e. The Morgan fingerprint density at radius 3 is 2.94 bits per heavy atom. The predicted molar refractivity (Wildman–Crippen MR) is 70.0 cm³/mol. The zero-order valence-electron chi connectivity index (χ0n) is 9.96. The van der Waals surface area contributed by atoms with Gasteiger partial charge in [0.2, 0.25) is 0 Å². The third-order valence-electron chi connectivity index (χ3n) is 2.76. The highest BCUT2D eigenvalue weighted by atomic mass is 32.2. The lowest BCUT2D eigenvalue weighted by Crippen LogP contribution is -2.39. The summed E-state index contributed by atoms with van der Waals surface area (Å²) in [6, 6.07) is 9.79. The molecule has 0 radical (unpaired) electrons. The predicted octanol–water partition coefficient (Wildman–Crippen LogP) is 1.78. The zero-order chi connectivity index (χ0) is 12.1. The number of esters is 1. The van der Waals surface area contributed by atoms with Gasteiger partial charge in [0.25, 0.3) is 0 Å². The van der Waals surface area contributed by atoms with Crippen LogP contribution in [0.1, 0.15) is 5.56 Å². The third-order valence-corrected chi connectivity index (χ3v) is 3.92. The van der Waals surface area contributed by atoms with E-state index in [-0.39, 0.29) is 11.2 Å². The second kappa shape index (κ2) is 6.07. The molecule has 1 saturated heterocycles. The molecule has 0 N–H and O–H groups in total. The average Bonchev–Trinajstić information content (AvgIpc) is 2.37. The van der Waals surface area contributed by atoms with Crippen LogP contribution in [-0.4, -0.2) is 42.0 Å². The molecule has 0 aliphatic carbocycles. The Labute approximate surface area is 106 Å². The Balaban J connectivity index is 1.81. The summed E-state index contributed by atoms with van der Waals surface area (Å²) in [4.78, 5) is 14.0. The smallest absolute Gasteiger partial charge is 0.320 e. The fraction of sp³-hybridized carbons (Fsp3) is 0.462. The first kappa shape index (κ1) is 12.5. The van der Waals surface area contributed by atoms with E-state index >= 15 is 0 Å². The SMILES string of the molecule is CN1CCSC(C(=O)OCc2ccccc2)C1. The summed E-state index contributed by atoms with van der Waals surface area (Å²) in [5.41, 5.74) is 1.04. The van der Waals surface area contributed by atoms with Gasteiger partial charge in [-0.2, -0.15) is 0 Å². The van der Waals surface area contributed by atoms with Crippen LogP contribution in [-0.2, 0) is 16.1 Å². The molecule has 1 fully saturated rings. The number of nitrogens with zero attached hydrogens (tertiary/aromatic N) is 1. The van der Waals surface area contributed by atoms with Crippen molar-refractivity contribution < 1.29 is 9.53 Å². The summed E-state index contributed by atoms with van der Waals surface area (Å²) in [6.07, 6.45) is 0. The molecule has 17 heavy (non-hydrogen) atoms. The third kappa shape index (κ3) is 3.75. The number of thioether (sulfide) groups is 1. The molecule has 0 spiro atoms. The largest absolute Gasteiger partial charge is 0.460 e. The molecular weight excluding hydrogens is 234 g/mol. The van der Waals surface area contributed by atoms with Gasteiger partial charge in [-0.25, -0.2) is 0 Å². The molecule has 1 aromatic carbocycles. The number of carbonyl (C=O) groups is 1. The molecule has 0 bridgehead atoms. The zero-order valence-corrected chi connectivity index (χ0v) is 10.8. The van der Waals surface area contributed by atoms with Gasteiger partial charge in [-0.15, -0.1) is 11.8 Å². The first-order chi connectivity index (χ1) is 8.25. The summed E-state index contributed by atoms with van der Waals surface area (Å²) >= 11 is 1.69. The average molecular weight is 251 g/mol. The van der Waals surface area contributed by atoms with Crippen molar-refractivity contribution in [3.05, 3.63) is 35.9 Å². The number of rotatable bonds is 3. The van der Waals surface area contributed by atoms with Crippen LogP contribution >= 0.6 is 11.8 Å². The highest BCUT2D eigenvalue weighted by molar-refractivity contribution is 8.00. The topological polar surface area (TPSA) is 29.5 Å². The van der Waals surface area contributed by atoms with Gasteiger partial charge < -0.3 is 9.64 Å². The Morgan fingerprint density at radius 1 is 1.47 bits per heavy atom. The summed E-state index contributed by atoms with van der Waals surface area (Å²) in [6.45, 7) is 2.21. The van der Waals surface area contributed by atoms with Crippen molar-refractivity contribution >= 4 is 17.7 Å². The molecule has 4 heteroatoms. The highest BCUT2D eigenvalue weighted by Crippen LogP contribution is 2.19. The van der Waals surface area contributed by atoms with E-state index in [9.17, 15) is 4.79 Å². The van der Waals surface area contributed by atoms with Crippen LogP contribution in [0.4, 0.5) is 0 Å². The van der Waals surface area contributed by atoms with Crippen LogP contribution in [0, 0.1) is 0 Å². The lowest BCUT2D eigenvalue weighted by atomic mass is 10.2. The van der Waals surface area contributed by atoms with Crippen molar-refractivity contribution in [2.75, 3.05) is 25.9 Å². The van der Waals surface area contributed by atoms with E-state index in [1.54, 1.807) is 11.8 Å². The molecule has 1 aliphatic heterocycles. The molecule has 1 atom stereocenters. The second-order valence-corrected chi connectivity index (χ2v) is 5.53. The first-order valence-electron chi connectivity index (χ1n) is 5.76. The molecule has 0 saturated carbocycles. The van der Waals surface area contributed by atoms with Crippen molar-refractivity contribution in [1.82, 2.24) is 4.90 Å². The number of hydrogen-bond acceptors (Lipinski definition) is 4. The maximum atomic E-state index is 11.8. The van der Waals surface area contributed by atoms with Crippen LogP contribution in [0.15, 0.2) is 30.3 Å². The van der Waals surface area contributed by atoms with Gasteiger partial charge in [0.05, 0.1) is 0 Å². The van der Waals surface area contributed by atoms with Gasteiger partial charge in [0.15, 0.2) is 0 Å². The van der Waals surface area contributed by atoms with Crippen molar-refractivity contribution in [2.24, 2.45) is 0 Å². The molecule has 0 aromatic heterocycles. The van der Waals surface area contributed by atoms with Gasteiger partial charge >= 0.3 is 5.97 Å². The number of hydrogen-bond donors (Lipinski definition) is 0. The molecule has 3 nitrogen and oxygen atoms in total. The number of benzene rings is 1. The lowest BCUT2D eigenvalue weighted by Gasteiger charge is -2.27. The highest BCUT2D eigenvalue weighted by Gasteiger charge is 2.25. The van der Waals surface area contributed by atoms with E-state index in [0.29, 0.717) is 6.61 Å². The monoisotopic (exact) mass is 251 g/mol. The molecular formula is C13H17NO2S. The van der Waals surface area contributed by atoms with Gasteiger partial charge in [-0.1, -0.05) is 30.3 Å². The van der Waals surface area contributed by atoms with Gasteiger partial charge in [-0.3, -0.25) is 4.79 Å². The van der Waals surface area contributed by atoms with Crippen LogP contribution in [0.25, 0.3) is 0 Å². The summed E-state index contributed by atoms with van der Waals surface area (Å²) in [7, 11) is 2.04. The number of ether oxygens (including phenoxy) is 1. The molecule has 1 aromatic rings. The van der Waals surface area contributed by atoms with E-state index in [1.165, 1.54) is 0 Å². The fourth-order valence-electron chi connectivity index (χ4n) is 1.74. The molecule has 2 rings (SSSR count). The summed E-state index contributed by atoms with van der Waals surface area (Å²) < 4.78 is 5.33. The van der Waals surface area contributed by atoms with Crippen molar-refractivity contribution in [1.29, 1.82) is 0 Å². The molecule has 1 unspecified atom stereocenters. The van der Waals surface area contributed by atoms with Crippen molar-refractivity contribution in [3.63, 3.8) is 0 Å². The van der Waals surface area contributed by atoms with E-state index in [4.69, 9.17) is 4.74 Å². The molecule has 0 amide bonds. The molecule has 92 valence electrons. The van der Waals surface area contributed by atoms with E-state index in [1.807, 2.05) is 37.4 Å². The lowest BCUT2D eigenvalue weighted by molar-refractivity contribution is -0.144. The molecule has 1 aliphatic rings. The van der Waals surface area contributed by atoms with Crippen LogP contribution in [0.5, 0.6) is 0 Å². The quantitative estimate of drug-likeness (QED) is 0.766. The Morgan fingerprint density at radius 2 is 2.24 bits per heavy atom. The van der Waals surface area contributed by atoms with E-state index < -0.39 is 0 Å². The Kier molecular flexibility index (Phi) is 4.45. The van der Waals surface area contributed by atoms with E-state index in [2.05, 4.69) is 4.90 Å². The minimum atomic E-state index is -0.0922. The fourth-order valence-corrected chi connectivity index (χ4v) is 3.01. The Hall–Kier alpha value is -1.00. The normalized spacial score (nSPS) is 21.1. The van der Waals surface area contributed by atoms with Crippen molar-refractivity contribution in [2.45, 2.75) is 11.9 Å². The van der Waals surface area contributed by atoms with Crippen LogP contribution < -0.4 is 0 Å².